The standard InChI is InChI=1S/C28H29F4N5O/c1-17(2)36-13-12-27(16-36)24-21(15-37(26(27)38)20-9-5-4-6-10-20)25(35-18(3)34-24)33-14-19-8-7-11-22(23(19)29)28(30,31)32/h4-11,17H,12-16H2,1-3H3,(H,33,34,35). The topological polar surface area (TPSA) is 61.4 Å². The maximum Gasteiger partial charge on any atom is 0.419 e. The van der Waals surface area contributed by atoms with Crippen molar-refractivity contribution in [2.24, 2.45) is 0 Å². The fraction of sp³-hybridized carbons (Fsp3) is 0.393. The zero-order valence-electron chi connectivity index (χ0n) is 21.4. The number of aryl methyl sites for hydroxylation is 1. The van der Waals surface area contributed by atoms with Crippen molar-refractivity contribution in [3.8, 4) is 0 Å². The van der Waals surface area contributed by atoms with Crippen molar-refractivity contribution in [1.82, 2.24) is 14.9 Å². The average Bonchev–Trinajstić information content (AvgIpc) is 3.32. The predicted molar refractivity (Wildman–Crippen MR) is 136 cm³/mol. The Labute approximate surface area is 218 Å². The van der Waals surface area contributed by atoms with E-state index in [0.717, 1.165) is 18.3 Å². The van der Waals surface area contributed by atoms with Gasteiger partial charge in [-0.25, -0.2) is 14.4 Å². The monoisotopic (exact) mass is 527 g/mol. The number of benzene rings is 2. The third-order valence-corrected chi connectivity index (χ3v) is 7.47. The van der Waals surface area contributed by atoms with Crippen molar-refractivity contribution in [3.63, 3.8) is 0 Å². The van der Waals surface area contributed by atoms with Crippen LogP contribution >= 0.6 is 0 Å². The van der Waals surface area contributed by atoms with E-state index in [0.29, 0.717) is 35.9 Å². The molecule has 1 N–H and O–H groups in total. The Morgan fingerprint density at radius 2 is 1.82 bits per heavy atom. The van der Waals surface area contributed by atoms with Crippen molar-refractivity contribution < 1.29 is 22.4 Å². The van der Waals surface area contributed by atoms with Crippen molar-refractivity contribution in [1.29, 1.82) is 0 Å². The first-order valence-corrected chi connectivity index (χ1v) is 12.6. The van der Waals surface area contributed by atoms with Crippen LogP contribution in [0.15, 0.2) is 48.5 Å². The number of halogens is 4. The van der Waals surface area contributed by atoms with E-state index in [-0.39, 0.29) is 30.6 Å². The molecule has 3 heterocycles. The summed E-state index contributed by atoms with van der Waals surface area (Å²) in [6, 6.07) is 12.8. The highest BCUT2D eigenvalue weighted by molar-refractivity contribution is 6.03. The summed E-state index contributed by atoms with van der Waals surface area (Å²) in [6.07, 6.45) is -4.21. The van der Waals surface area contributed by atoms with Crippen LogP contribution in [0.3, 0.4) is 0 Å². The van der Waals surface area contributed by atoms with Gasteiger partial charge in [0.2, 0.25) is 5.91 Å². The van der Waals surface area contributed by atoms with Crippen molar-refractivity contribution >= 4 is 17.4 Å². The molecule has 200 valence electrons. The Morgan fingerprint density at radius 1 is 1.08 bits per heavy atom. The van der Waals surface area contributed by atoms with E-state index in [4.69, 9.17) is 4.98 Å². The number of carbonyl (C=O) groups is 1. The number of nitrogens with zero attached hydrogens (tertiary/aromatic N) is 4. The number of carbonyl (C=O) groups excluding carboxylic acids is 1. The van der Waals surface area contributed by atoms with Crippen LogP contribution in [0.5, 0.6) is 0 Å². The zero-order chi connectivity index (χ0) is 27.2. The molecule has 1 amide bonds. The van der Waals surface area contributed by atoms with Gasteiger partial charge < -0.3 is 10.2 Å². The molecular formula is C28H29F4N5O. The van der Waals surface area contributed by atoms with Crippen molar-refractivity contribution in [3.05, 3.63) is 82.6 Å². The molecule has 5 rings (SSSR count). The number of hydrogen-bond donors (Lipinski definition) is 1. The number of rotatable bonds is 5. The molecule has 2 aromatic carbocycles. The highest BCUT2D eigenvalue weighted by Crippen LogP contribution is 2.44. The highest BCUT2D eigenvalue weighted by Gasteiger charge is 2.54. The van der Waals surface area contributed by atoms with Gasteiger partial charge in [-0.1, -0.05) is 30.3 Å². The molecule has 1 atom stereocenters. The number of fused-ring (bicyclic) bond motifs is 2. The van der Waals surface area contributed by atoms with Crippen LogP contribution in [0.25, 0.3) is 0 Å². The molecule has 6 nitrogen and oxygen atoms in total. The van der Waals surface area contributed by atoms with E-state index in [9.17, 15) is 22.4 Å². The van der Waals surface area contributed by atoms with Gasteiger partial charge in [0, 0.05) is 35.9 Å². The Kier molecular flexibility index (Phi) is 6.63. The molecule has 1 fully saturated rings. The van der Waals surface area contributed by atoms with Gasteiger partial charge >= 0.3 is 6.18 Å². The van der Waals surface area contributed by atoms with Gasteiger partial charge in [0.15, 0.2) is 0 Å². The fourth-order valence-electron chi connectivity index (χ4n) is 5.46. The molecule has 1 unspecified atom stereocenters. The summed E-state index contributed by atoms with van der Waals surface area (Å²) in [4.78, 5) is 27.4. The first-order chi connectivity index (χ1) is 18.0. The zero-order valence-corrected chi connectivity index (χ0v) is 21.4. The van der Waals surface area contributed by atoms with E-state index in [2.05, 4.69) is 29.0 Å². The maximum absolute atomic E-state index is 14.7. The van der Waals surface area contributed by atoms with E-state index >= 15 is 0 Å². The van der Waals surface area contributed by atoms with Crippen LogP contribution in [-0.2, 0) is 29.5 Å². The average molecular weight is 528 g/mol. The second-order valence-corrected chi connectivity index (χ2v) is 10.2. The first-order valence-electron chi connectivity index (χ1n) is 12.6. The summed E-state index contributed by atoms with van der Waals surface area (Å²) in [7, 11) is 0. The number of likely N-dealkylation sites (tertiary alicyclic amines) is 1. The first kappa shape index (κ1) is 26.1. The Hall–Kier alpha value is -3.53. The summed E-state index contributed by atoms with van der Waals surface area (Å²) >= 11 is 0. The van der Waals surface area contributed by atoms with Gasteiger partial charge in [-0.3, -0.25) is 9.69 Å². The van der Waals surface area contributed by atoms with E-state index in [1.54, 1.807) is 11.8 Å². The Balaban J connectivity index is 1.58. The summed E-state index contributed by atoms with van der Waals surface area (Å²) in [6.45, 7) is 7.10. The van der Waals surface area contributed by atoms with Crippen LogP contribution < -0.4 is 10.2 Å². The van der Waals surface area contributed by atoms with Crippen LogP contribution in [0.1, 0.15) is 48.5 Å². The molecule has 0 saturated carbocycles. The molecule has 38 heavy (non-hydrogen) atoms. The number of alkyl halides is 3. The molecule has 1 spiro atoms. The highest BCUT2D eigenvalue weighted by atomic mass is 19.4. The number of aromatic nitrogens is 2. The minimum atomic E-state index is -4.79. The van der Waals surface area contributed by atoms with Gasteiger partial charge in [-0.2, -0.15) is 13.2 Å². The molecule has 1 aromatic heterocycles. The summed E-state index contributed by atoms with van der Waals surface area (Å²) < 4.78 is 54.5. The third-order valence-electron chi connectivity index (χ3n) is 7.47. The van der Waals surface area contributed by atoms with Gasteiger partial charge in [-0.15, -0.1) is 0 Å². The normalized spacial score (nSPS) is 19.9. The molecular weight excluding hydrogens is 498 g/mol. The molecule has 3 aromatic rings. The van der Waals surface area contributed by atoms with Crippen LogP contribution in [-0.4, -0.2) is 39.9 Å². The quantitative estimate of drug-likeness (QED) is 0.447. The number of para-hydroxylation sites is 1. The summed E-state index contributed by atoms with van der Waals surface area (Å²) in [5, 5.41) is 3.07. The molecule has 0 bridgehead atoms. The van der Waals surface area contributed by atoms with Gasteiger partial charge in [0.25, 0.3) is 0 Å². The summed E-state index contributed by atoms with van der Waals surface area (Å²) in [5.41, 5.74) is -0.259. The van der Waals surface area contributed by atoms with Gasteiger partial charge in [0.1, 0.15) is 22.9 Å². The largest absolute Gasteiger partial charge is 0.419 e. The lowest BCUT2D eigenvalue weighted by atomic mass is 9.76. The Bertz CT molecular complexity index is 1360. The third kappa shape index (κ3) is 4.51. The molecule has 0 aliphatic carbocycles. The lowest BCUT2D eigenvalue weighted by molar-refractivity contribution is -0.140. The van der Waals surface area contributed by atoms with Crippen LogP contribution in [0, 0.1) is 12.7 Å². The summed E-state index contributed by atoms with van der Waals surface area (Å²) in [5.74, 6) is -0.528. The predicted octanol–water partition coefficient (Wildman–Crippen LogP) is 5.45. The smallest absolute Gasteiger partial charge is 0.365 e. The van der Waals surface area contributed by atoms with E-state index in [1.807, 2.05) is 30.3 Å². The number of anilines is 2. The molecule has 0 radical (unpaired) electrons. The molecule has 1 saturated heterocycles. The Morgan fingerprint density at radius 3 is 2.47 bits per heavy atom. The van der Waals surface area contributed by atoms with Crippen molar-refractivity contribution in [2.75, 3.05) is 23.3 Å². The molecule has 2 aliphatic rings. The van der Waals surface area contributed by atoms with Crippen molar-refractivity contribution in [2.45, 2.75) is 57.9 Å². The minimum absolute atomic E-state index is 0.0349. The lowest BCUT2D eigenvalue weighted by Gasteiger charge is -2.41. The van der Waals surface area contributed by atoms with Crippen LogP contribution in [0.4, 0.5) is 29.1 Å². The SMILES string of the molecule is Cc1nc(NCc2cccc(C(F)(F)F)c2F)c2c(n1)C1(CCN(C(C)C)C1)C(=O)N(c1ccccc1)C2. The van der Waals surface area contributed by atoms with Gasteiger partial charge in [0.05, 0.1) is 17.8 Å². The maximum atomic E-state index is 14.7. The fourth-order valence-corrected chi connectivity index (χ4v) is 5.46. The van der Waals surface area contributed by atoms with E-state index < -0.39 is 23.0 Å². The number of hydrogen-bond acceptors (Lipinski definition) is 5. The minimum Gasteiger partial charge on any atom is -0.365 e. The molecule has 10 heteroatoms. The second kappa shape index (κ2) is 9.65. The van der Waals surface area contributed by atoms with Gasteiger partial charge in [-0.05, 0) is 51.9 Å². The second-order valence-electron chi connectivity index (χ2n) is 10.2. The molecule has 2 aliphatic heterocycles. The van der Waals surface area contributed by atoms with E-state index in [1.165, 1.54) is 12.1 Å². The lowest BCUT2D eigenvalue weighted by Crippen LogP contribution is -2.54. The van der Waals surface area contributed by atoms with Crippen LogP contribution in [0.2, 0.25) is 0 Å². The number of nitrogens with one attached hydrogen (secondary N) is 1. The number of amides is 1.